The van der Waals surface area contributed by atoms with E-state index in [2.05, 4.69) is 5.32 Å². The molecule has 90 valence electrons. The quantitative estimate of drug-likeness (QED) is 0.681. The van der Waals surface area contributed by atoms with Gasteiger partial charge in [-0.1, -0.05) is 39.0 Å². The van der Waals surface area contributed by atoms with Crippen LogP contribution in [0.1, 0.15) is 45.4 Å². The van der Waals surface area contributed by atoms with Crippen molar-refractivity contribution in [3.63, 3.8) is 0 Å². The maximum Gasteiger partial charge on any atom is 0.0359 e. The van der Waals surface area contributed by atoms with Crippen LogP contribution in [0.15, 0.2) is 0 Å². The summed E-state index contributed by atoms with van der Waals surface area (Å²) >= 11 is 0. The van der Waals surface area contributed by atoms with Crippen LogP contribution in [0, 0.1) is 5.92 Å². The average molecular weight is 231 g/mol. The van der Waals surface area contributed by atoms with Crippen LogP contribution in [0.2, 0.25) is 0 Å². The van der Waals surface area contributed by atoms with Crippen LogP contribution in [0.25, 0.3) is 0 Å². The number of rotatable bonds is 7. The van der Waals surface area contributed by atoms with Gasteiger partial charge >= 0.3 is 0 Å². The lowest BCUT2D eigenvalue weighted by atomic mass is 9.87. The third kappa shape index (κ3) is 6.31. The minimum absolute atomic E-state index is 0.598. The number of hydrogen-bond acceptors (Lipinski definition) is 2. The largest absolute Gasteiger partial charge is 0.316 e. The van der Waals surface area contributed by atoms with Crippen molar-refractivity contribution in [2.24, 2.45) is 5.92 Å². The summed E-state index contributed by atoms with van der Waals surface area (Å²) in [4.78, 5) is 0. The molecule has 0 saturated heterocycles. The van der Waals surface area contributed by atoms with Crippen LogP contribution < -0.4 is 5.32 Å². The summed E-state index contributed by atoms with van der Waals surface area (Å²) in [6, 6.07) is 0. The molecule has 0 aromatic rings. The number of hydrogen-bond donors (Lipinski definition) is 1. The van der Waals surface area contributed by atoms with Gasteiger partial charge in [-0.05, 0) is 18.9 Å². The van der Waals surface area contributed by atoms with Crippen LogP contribution in [0.4, 0.5) is 0 Å². The molecule has 0 heterocycles. The highest BCUT2D eigenvalue weighted by atomic mass is 32.2. The average Bonchev–Trinajstić information content (AvgIpc) is 2.29. The molecule has 1 atom stereocenters. The van der Waals surface area contributed by atoms with Crippen molar-refractivity contribution in [3.8, 4) is 0 Å². The van der Waals surface area contributed by atoms with E-state index >= 15 is 0 Å². The molecule has 15 heavy (non-hydrogen) atoms. The van der Waals surface area contributed by atoms with Crippen molar-refractivity contribution in [1.29, 1.82) is 0 Å². The summed E-state index contributed by atoms with van der Waals surface area (Å²) in [6.45, 7) is 4.02. The smallest absolute Gasteiger partial charge is 0.0359 e. The summed E-state index contributed by atoms with van der Waals surface area (Å²) in [5, 5.41) is 3.40. The zero-order valence-electron chi connectivity index (χ0n) is 9.96. The minimum Gasteiger partial charge on any atom is -0.316 e. The van der Waals surface area contributed by atoms with E-state index in [0.29, 0.717) is 0 Å². The van der Waals surface area contributed by atoms with Crippen LogP contribution in [-0.4, -0.2) is 28.8 Å². The van der Waals surface area contributed by atoms with Gasteiger partial charge in [0.25, 0.3) is 0 Å². The molecule has 2 nitrogen and oxygen atoms in total. The summed E-state index contributed by atoms with van der Waals surface area (Å²) in [6.07, 6.45) is 8.50. The highest BCUT2D eigenvalue weighted by molar-refractivity contribution is 7.84. The molecule has 1 N–H and O–H groups in total. The molecular weight excluding hydrogens is 206 g/mol. The van der Waals surface area contributed by atoms with Crippen molar-refractivity contribution >= 4 is 10.8 Å². The van der Waals surface area contributed by atoms with Crippen LogP contribution >= 0.6 is 0 Å². The van der Waals surface area contributed by atoms with Gasteiger partial charge in [0.1, 0.15) is 0 Å². The van der Waals surface area contributed by atoms with E-state index in [4.69, 9.17) is 0 Å². The van der Waals surface area contributed by atoms with Gasteiger partial charge in [0.2, 0.25) is 0 Å². The summed E-state index contributed by atoms with van der Waals surface area (Å²) < 4.78 is 11.1. The molecule has 0 amide bonds. The molecular formula is C12H25NOS. The van der Waals surface area contributed by atoms with Gasteiger partial charge in [-0.3, -0.25) is 4.21 Å². The predicted octanol–water partition coefficient (Wildman–Crippen LogP) is 2.32. The zero-order valence-corrected chi connectivity index (χ0v) is 10.8. The fourth-order valence-electron chi connectivity index (χ4n) is 2.24. The second-order valence-electron chi connectivity index (χ2n) is 4.48. The zero-order chi connectivity index (χ0) is 10.9. The second kappa shape index (κ2) is 8.28. The van der Waals surface area contributed by atoms with Crippen molar-refractivity contribution in [2.45, 2.75) is 45.4 Å². The first kappa shape index (κ1) is 13.2. The van der Waals surface area contributed by atoms with E-state index in [-0.39, 0.29) is 0 Å². The molecule has 0 aromatic heterocycles. The van der Waals surface area contributed by atoms with Gasteiger partial charge in [-0.15, -0.1) is 0 Å². The molecule has 0 radical (unpaired) electrons. The molecule has 1 aliphatic carbocycles. The Morgan fingerprint density at radius 2 is 1.93 bits per heavy atom. The standard InChI is InChI=1S/C12H25NOS/c1-2-15(14)11-10-13-9-8-12-6-4-3-5-7-12/h12-13H,2-11H2,1H3. The van der Waals surface area contributed by atoms with Crippen molar-refractivity contribution in [1.82, 2.24) is 5.32 Å². The molecule has 1 unspecified atom stereocenters. The molecule has 1 aliphatic rings. The molecule has 3 heteroatoms. The van der Waals surface area contributed by atoms with E-state index in [1.54, 1.807) is 0 Å². The lowest BCUT2D eigenvalue weighted by Gasteiger charge is -2.21. The molecule has 1 rings (SSSR count). The van der Waals surface area contributed by atoms with E-state index in [0.717, 1.165) is 30.5 Å². The first-order chi connectivity index (χ1) is 7.33. The van der Waals surface area contributed by atoms with Crippen LogP contribution in [0.3, 0.4) is 0 Å². The fraction of sp³-hybridized carbons (Fsp3) is 1.00. The van der Waals surface area contributed by atoms with Gasteiger partial charge in [0.15, 0.2) is 0 Å². The first-order valence-electron chi connectivity index (χ1n) is 6.38. The Morgan fingerprint density at radius 1 is 1.20 bits per heavy atom. The topological polar surface area (TPSA) is 29.1 Å². The van der Waals surface area contributed by atoms with Crippen LogP contribution in [0.5, 0.6) is 0 Å². The Morgan fingerprint density at radius 3 is 2.60 bits per heavy atom. The lowest BCUT2D eigenvalue weighted by Crippen LogP contribution is -2.24. The van der Waals surface area contributed by atoms with Gasteiger partial charge in [-0.25, -0.2) is 0 Å². The highest BCUT2D eigenvalue weighted by Crippen LogP contribution is 2.25. The summed E-state index contributed by atoms with van der Waals surface area (Å²) in [5.74, 6) is 2.58. The van der Waals surface area contributed by atoms with E-state index < -0.39 is 10.8 Å². The monoisotopic (exact) mass is 231 g/mol. The molecule has 0 spiro atoms. The Kier molecular flexibility index (Phi) is 7.28. The van der Waals surface area contributed by atoms with Crippen LogP contribution in [-0.2, 0) is 10.8 Å². The van der Waals surface area contributed by atoms with Gasteiger partial charge in [0.05, 0.1) is 0 Å². The Balaban J connectivity index is 1.89. The van der Waals surface area contributed by atoms with Gasteiger partial charge in [-0.2, -0.15) is 0 Å². The molecule has 1 saturated carbocycles. The van der Waals surface area contributed by atoms with E-state index in [1.807, 2.05) is 6.92 Å². The van der Waals surface area contributed by atoms with E-state index in [1.165, 1.54) is 38.5 Å². The minimum atomic E-state index is -0.598. The number of nitrogens with one attached hydrogen (secondary N) is 1. The SMILES string of the molecule is CCS(=O)CCNCCC1CCCCC1. The molecule has 1 fully saturated rings. The van der Waals surface area contributed by atoms with Gasteiger partial charge in [0, 0.05) is 28.9 Å². The van der Waals surface area contributed by atoms with Crippen molar-refractivity contribution in [3.05, 3.63) is 0 Å². The third-order valence-corrected chi connectivity index (χ3v) is 4.59. The lowest BCUT2D eigenvalue weighted by molar-refractivity contribution is 0.335. The molecule has 0 aliphatic heterocycles. The maximum atomic E-state index is 11.1. The molecule has 0 aromatic carbocycles. The first-order valence-corrected chi connectivity index (χ1v) is 7.87. The maximum absolute atomic E-state index is 11.1. The van der Waals surface area contributed by atoms with Crippen molar-refractivity contribution < 1.29 is 4.21 Å². The summed E-state index contributed by atoms with van der Waals surface area (Å²) in [5.41, 5.74) is 0. The fourth-order valence-corrected chi connectivity index (χ4v) is 2.90. The van der Waals surface area contributed by atoms with Gasteiger partial charge < -0.3 is 5.32 Å². The third-order valence-electron chi connectivity index (χ3n) is 3.28. The van der Waals surface area contributed by atoms with E-state index in [9.17, 15) is 4.21 Å². The Bertz CT molecular complexity index is 178. The highest BCUT2D eigenvalue weighted by Gasteiger charge is 2.12. The summed E-state index contributed by atoms with van der Waals surface area (Å²) in [7, 11) is -0.598. The molecule has 0 bridgehead atoms. The normalized spacial score (nSPS) is 20.3. The Labute approximate surface area is 96.7 Å². The second-order valence-corrected chi connectivity index (χ2v) is 6.34. The van der Waals surface area contributed by atoms with Crippen molar-refractivity contribution in [2.75, 3.05) is 24.6 Å². The Hall–Kier alpha value is 0.110. The predicted molar refractivity (Wildman–Crippen MR) is 67.6 cm³/mol.